The average molecular weight is 314 g/mol. The summed E-state index contributed by atoms with van der Waals surface area (Å²) in [6, 6.07) is 17.7. The SMILES string of the molecule is O=C(Cc1ccccc1)NC1(c2cccc(Cl)c2)CCCC1. The molecule has 22 heavy (non-hydrogen) atoms. The van der Waals surface area contributed by atoms with Gasteiger partial charge in [0, 0.05) is 5.02 Å². The Morgan fingerprint density at radius 3 is 2.45 bits per heavy atom. The Hall–Kier alpha value is -1.80. The van der Waals surface area contributed by atoms with Crippen LogP contribution in [0.25, 0.3) is 0 Å². The summed E-state index contributed by atoms with van der Waals surface area (Å²) in [7, 11) is 0. The molecule has 0 aromatic heterocycles. The average Bonchev–Trinajstić information content (AvgIpc) is 2.98. The number of rotatable bonds is 4. The van der Waals surface area contributed by atoms with Gasteiger partial charge in [-0.2, -0.15) is 0 Å². The highest BCUT2D eigenvalue weighted by Crippen LogP contribution is 2.39. The molecule has 1 N–H and O–H groups in total. The van der Waals surface area contributed by atoms with Crippen molar-refractivity contribution in [1.29, 1.82) is 0 Å². The zero-order chi connectivity index (χ0) is 15.4. The van der Waals surface area contributed by atoms with Gasteiger partial charge in [0.25, 0.3) is 0 Å². The molecule has 1 saturated carbocycles. The Morgan fingerprint density at radius 1 is 1.05 bits per heavy atom. The fourth-order valence-corrected chi connectivity index (χ4v) is 3.53. The molecule has 1 amide bonds. The number of carbonyl (C=O) groups excluding carboxylic acids is 1. The Kier molecular flexibility index (Phi) is 4.49. The highest BCUT2D eigenvalue weighted by molar-refractivity contribution is 6.30. The van der Waals surface area contributed by atoms with Crippen molar-refractivity contribution in [3.05, 3.63) is 70.7 Å². The van der Waals surface area contributed by atoms with Crippen molar-refractivity contribution < 1.29 is 4.79 Å². The third kappa shape index (κ3) is 3.33. The van der Waals surface area contributed by atoms with Crippen LogP contribution in [-0.2, 0) is 16.8 Å². The monoisotopic (exact) mass is 313 g/mol. The summed E-state index contributed by atoms with van der Waals surface area (Å²) in [5, 5.41) is 4.01. The third-order valence-electron chi connectivity index (χ3n) is 4.42. The molecular formula is C19H20ClNO. The second kappa shape index (κ2) is 6.53. The molecule has 0 heterocycles. The van der Waals surface area contributed by atoms with Crippen molar-refractivity contribution >= 4 is 17.5 Å². The van der Waals surface area contributed by atoms with Crippen LogP contribution in [0, 0.1) is 0 Å². The van der Waals surface area contributed by atoms with Crippen LogP contribution in [0.4, 0.5) is 0 Å². The summed E-state index contributed by atoms with van der Waals surface area (Å²) in [5.74, 6) is 0.0769. The molecule has 3 heteroatoms. The predicted octanol–water partition coefficient (Wildman–Crippen LogP) is 4.47. The molecule has 1 aliphatic carbocycles. The third-order valence-corrected chi connectivity index (χ3v) is 4.66. The van der Waals surface area contributed by atoms with E-state index >= 15 is 0 Å². The lowest BCUT2D eigenvalue weighted by atomic mass is 9.88. The van der Waals surface area contributed by atoms with Crippen LogP contribution < -0.4 is 5.32 Å². The van der Waals surface area contributed by atoms with Crippen molar-refractivity contribution in [3.63, 3.8) is 0 Å². The van der Waals surface area contributed by atoms with Crippen LogP contribution in [0.3, 0.4) is 0 Å². The van der Waals surface area contributed by atoms with E-state index in [4.69, 9.17) is 11.6 Å². The Balaban J connectivity index is 1.78. The standard InChI is InChI=1S/C19H20ClNO/c20-17-10-6-9-16(14-17)19(11-4-5-12-19)21-18(22)13-15-7-2-1-3-8-15/h1-3,6-10,14H,4-5,11-13H2,(H,21,22). The van der Waals surface area contributed by atoms with E-state index in [1.54, 1.807) is 0 Å². The molecule has 0 aliphatic heterocycles. The van der Waals surface area contributed by atoms with E-state index in [2.05, 4.69) is 11.4 Å². The van der Waals surface area contributed by atoms with Gasteiger partial charge in [0.1, 0.15) is 0 Å². The quantitative estimate of drug-likeness (QED) is 0.886. The molecule has 0 bridgehead atoms. The minimum atomic E-state index is -0.253. The van der Waals surface area contributed by atoms with Crippen molar-refractivity contribution in [2.24, 2.45) is 0 Å². The number of hydrogen-bond donors (Lipinski definition) is 1. The Bertz CT molecular complexity index is 647. The largest absolute Gasteiger partial charge is 0.346 e. The van der Waals surface area contributed by atoms with Gasteiger partial charge in [-0.15, -0.1) is 0 Å². The van der Waals surface area contributed by atoms with Crippen LogP contribution in [0.1, 0.15) is 36.8 Å². The lowest BCUT2D eigenvalue weighted by molar-refractivity contribution is -0.122. The van der Waals surface area contributed by atoms with Gasteiger partial charge in [-0.1, -0.05) is 66.9 Å². The van der Waals surface area contributed by atoms with E-state index in [0.29, 0.717) is 6.42 Å². The molecule has 0 atom stereocenters. The van der Waals surface area contributed by atoms with Crippen molar-refractivity contribution in [3.8, 4) is 0 Å². The topological polar surface area (TPSA) is 29.1 Å². The van der Waals surface area contributed by atoms with Gasteiger partial charge >= 0.3 is 0 Å². The van der Waals surface area contributed by atoms with E-state index in [1.165, 1.54) is 0 Å². The van der Waals surface area contributed by atoms with Crippen LogP contribution in [0.2, 0.25) is 5.02 Å². The molecule has 0 unspecified atom stereocenters. The molecule has 0 radical (unpaired) electrons. The van der Waals surface area contributed by atoms with E-state index in [1.807, 2.05) is 48.5 Å². The molecule has 1 aliphatic rings. The second-order valence-corrected chi connectivity index (χ2v) is 6.45. The summed E-state index contributed by atoms with van der Waals surface area (Å²) in [6.45, 7) is 0. The lowest BCUT2D eigenvalue weighted by Crippen LogP contribution is -2.44. The van der Waals surface area contributed by atoms with Gasteiger partial charge in [-0.3, -0.25) is 4.79 Å². The number of benzene rings is 2. The van der Waals surface area contributed by atoms with Gasteiger partial charge in [-0.25, -0.2) is 0 Å². The maximum absolute atomic E-state index is 12.5. The molecule has 1 fully saturated rings. The maximum Gasteiger partial charge on any atom is 0.225 e. The smallest absolute Gasteiger partial charge is 0.225 e. The normalized spacial score (nSPS) is 16.4. The molecule has 2 aromatic carbocycles. The highest BCUT2D eigenvalue weighted by Gasteiger charge is 2.36. The van der Waals surface area contributed by atoms with E-state index < -0.39 is 0 Å². The molecule has 0 spiro atoms. The van der Waals surface area contributed by atoms with Crippen molar-refractivity contribution in [2.75, 3.05) is 0 Å². The predicted molar refractivity (Wildman–Crippen MR) is 89.9 cm³/mol. The fourth-order valence-electron chi connectivity index (χ4n) is 3.34. The van der Waals surface area contributed by atoms with E-state index in [-0.39, 0.29) is 11.4 Å². The van der Waals surface area contributed by atoms with Gasteiger partial charge in [0.15, 0.2) is 0 Å². The lowest BCUT2D eigenvalue weighted by Gasteiger charge is -2.31. The second-order valence-electron chi connectivity index (χ2n) is 6.01. The summed E-state index contributed by atoms with van der Waals surface area (Å²) in [6.07, 6.45) is 4.65. The first-order chi connectivity index (χ1) is 10.7. The summed E-state index contributed by atoms with van der Waals surface area (Å²) in [4.78, 5) is 12.5. The first kappa shape index (κ1) is 15.1. The number of hydrogen-bond acceptors (Lipinski definition) is 1. The summed E-state index contributed by atoms with van der Waals surface area (Å²) < 4.78 is 0. The van der Waals surface area contributed by atoms with Crippen LogP contribution in [0.5, 0.6) is 0 Å². The van der Waals surface area contributed by atoms with Crippen LogP contribution in [-0.4, -0.2) is 5.91 Å². The first-order valence-corrected chi connectivity index (χ1v) is 8.17. The Morgan fingerprint density at radius 2 is 1.77 bits per heavy atom. The minimum Gasteiger partial charge on any atom is -0.346 e. The minimum absolute atomic E-state index is 0.0769. The van der Waals surface area contributed by atoms with E-state index in [0.717, 1.165) is 41.8 Å². The molecule has 114 valence electrons. The zero-order valence-electron chi connectivity index (χ0n) is 12.5. The summed E-state index contributed by atoms with van der Waals surface area (Å²) >= 11 is 6.14. The van der Waals surface area contributed by atoms with Crippen molar-refractivity contribution in [2.45, 2.75) is 37.6 Å². The molecular weight excluding hydrogens is 294 g/mol. The molecule has 2 aromatic rings. The molecule has 3 rings (SSSR count). The van der Waals surface area contributed by atoms with Gasteiger partial charge in [0.2, 0.25) is 5.91 Å². The zero-order valence-corrected chi connectivity index (χ0v) is 13.3. The number of nitrogens with one attached hydrogen (secondary N) is 1. The van der Waals surface area contributed by atoms with Gasteiger partial charge in [-0.05, 0) is 36.1 Å². The van der Waals surface area contributed by atoms with Gasteiger partial charge < -0.3 is 5.32 Å². The van der Waals surface area contributed by atoms with Crippen LogP contribution in [0.15, 0.2) is 54.6 Å². The van der Waals surface area contributed by atoms with E-state index in [9.17, 15) is 4.79 Å². The Labute approximate surface area is 136 Å². The first-order valence-electron chi connectivity index (χ1n) is 7.79. The maximum atomic E-state index is 12.5. The van der Waals surface area contributed by atoms with Crippen molar-refractivity contribution in [1.82, 2.24) is 5.32 Å². The molecule has 2 nitrogen and oxygen atoms in total. The highest BCUT2D eigenvalue weighted by atomic mass is 35.5. The number of halogens is 1. The summed E-state index contributed by atoms with van der Waals surface area (Å²) in [5.41, 5.74) is 1.91. The fraction of sp³-hybridized carbons (Fsp3) is 0.316. The number of carbonyl (C=O) groups is 1. The van der Waals surface area contributed by atoms with Crippen LogP contribution >= 0.6 is 11.6 Å². The number of amides is 1. The van der Waals surface area contributed by atoms with Gasteiger partial charge in [0.05, 0.1) is 12.0 Å². The molecule has 0 saturated heterocycles.